The molecule has 0 fully saturated rings. The Morgan fingerprint density at radius 1 is 1.29 bits per heavy atom. The van der Waals surface area contributed by atoms with Gasteiger partial charge in [0.05, 0.1) is 21.7 Å². The van der Waals surface area contributed by atoms with E-state index < -0.39 is 5.25 Å². The maximum atomic E-state index is 12.0. The van der Waals surface area contributed by atoms with Crippen LogP contribution in [0.2, 0.25) is 10.0 Å². The highest BCUT2D eigenvalue weighted by molar-refractivity contribution is 8.01. The summed E-state index contributed by atoms with van der Waals surface area (Å²) in [7, 11) is 0. The first-order valence-electron chi connectivity index (χ1n) is 6.96. The normalized spacial score (nSPS) is 11.8. The highest BCUT2D eigenvalue weighted by Crippen LogP contribution is 2.25. The Morgan fingerprint density at radius 2 is 2.04 bits per heavy atom. The van der Waals surface area contributed by atoms with Crippen molar-refractivity contribution in [3.8, 4) is 0 Å². The molecule has 2 aromatic rings. The lowest BCUT2D eigenvalue weighted by molar-refractivity contribution is -0.115. The molecule has 0 aliphatic carbocycles. The lowest BCUT2D eigenvalue weighted by Gasteiger charge is -2.11. The third-order valence-electron chi connectivity index (χ3n) is 2.92. The van der Waals surface area contributed by atoms with Crippen LogP contribution in [0.25, 0.3) is 0 Å². The van der Waals surface area contributed by atoms with E-state index in [1.54, 1.807) is 38.1 Å². The van der Waals surface area contributed by atoms with Crippen molar-refractivity contribution in [3.63, 3.8) is 0 Å². The molecule has 0 bridgehead atoms. The molecule has 1 aromatic carbocycles. The van der Waals surface area contributed by atoms with E-state index in [9.17, 15) is 9.59 Å². The Hall–Kier alpha value is -1.70. The van der Waals surface area contributed by atoms with Crippen molar-refractivity contribution in [2.45, 2.75) is 19.1 Å². The summed E-state index contributed by atoms with van der Waals surface area (Å²) in [6, 6.07) is 6.41. The number of aryl methyl sites for hydroxylation is 1. The first-order chi connectivity index (χ1) is 11.3. The molecule has 2 rings (SSSR count). The van der Waals surface area contributed by atoms with Gasteiger partial charge in [0.2, 0.25) is 11.8 Å². The number of nitrogens with zero attached hydrogens (tertiary/aromatic N) is 1. The van der Waals surface area contributed by atoms with E-state index in [1.165, 1.54) is 11.8 Å². The number of thioether (sulfide) groups is 1. The van der Waals surface area contributed by atoms with Gasteiger partial charge in [-0.25, -0.2) is 0 Å². The maximum Gasteiger partial charge on any atom is 0.238 e. The van der Waals surface area contributed by atoms with Gasteiger partial charge in [-0.1, -0.05) is 28.4 Å². The minimum atomic E-state index is -0.437. The van der Waals surface area contributed by atoms with Crippen molar-refractivity contribution in [2.24, 2.45) is 0 Å². The number of nitrogens with one attached hydrogen (secondary N) is 2. The van der Waals surface area contributed by atoms with Crippen LogP contribution in [0.4, 0.5) is 11.5 Å². The minimum Gasteiger partial charge on any atom is -0.360 e. The number of halogens is 2. The van der Waals surface area contributed by atoms with Gasteiger partial charge in [0, 0.05) is 11.1 Å². The molecule has 0 saturated heterocycles. The first-order valence-corrected chi connectivity index (χ1v) is 8.76. The monoisotopic (exact) mass is 387 g/mol. The van der Waals surface area contributed by atoms with E-state index in [0.717, 1.165) is 0 Å². The number of amides is 2. The van der Waals surface area contributed by atoms with E-state index in [0.29, 0.717) is 27.3 Å². The molecule has 1 aromatic heterocycles. The van der Waals surface area contributed by atoms with E-state index >= 15 is 0 Å². The molecule has 1 heterocycles. The van der Waals surface area contributed by atoms with Crippen LogP contribution in [0.3, 0.4) is 0 Å². The van der Waals surface area contributed by atoms with Crippen LogP contribution in [0.1, 0.15) is 12.7 Å². The quantitative estimate of drug-likeness (QED) is 0.782. The highest BCUT2D eigenvalue weighted by Gasteiger charge is 2.17. The Bertz CT molecular complexity index is 751. The molecule has 1 unspecified atom stereocenters. The molecule has 0 aliphatic heterocycles. The van der Waals surface area contributed by atoms with Crippen molar-refractivity contribution in [1.82, 2.24) is 5.16 Å². The third kappa shape index (κ3) is 5.43. The number of anilines is 2. The number of carbonyl (C=O) groups excluding carboxylic acids is 2. The molecule has 0 aliphatic rings. The molecule has 24 heavy (non-hydrogen) atoms. The average molecular weight is 388 g/mol. The van der Waals surface area contributed by atoms with Crippen molar-refractivity contribution in [2.75, 3.05) is 16.4 Å². The fourth-order valence-electron chi connectivity index (χ4n) is 1.71. The summed E-state index contributed by atoms with van der Waals surface area (Å²) in [6.07, 6.45) is 0. The van der Waals surface area contributed by atoms with Crippen molar-refractivity contribution in [1.29, 1.82) is 0 Å². The molecule has 2 amide bonds. The number of hydrogen-bond acceptors (Lipinski definition) is 5. The summed E-state index contributed by atoms with van der Waals surface area (Å²) < 4.78 is 4.87. The van der Waals surface area contributed by atoms with Gasteiger partial charge < -0.3 is 15.2 Å². The largest absolute Gasteiger partial charge is 0.360 e. The molecule has 2 N–H and O–H groups in total. The van der Waals surface area contributed by atoms with Gasteiger partial charge in [-0.05, 0) is 32.0 Å². The Labute approximate surface area is 153 Å². The summed E-state index contributed by atoms with van der Waals surface area (Å²) in [5.74, 6) is 0.532. The van der Waals surface area contributed by atoms with Gasteiger partial charge in [0.1, 0.15) is 5.76 Å². The number of benzene rings is 1. The lowest BCUT2D eigenvalue weighted by Crippen LogP contribution is -2.25. The standard InChI is InChI=1S/C15H15Cl2N3O3S/c1-8-5-13(20-23-8)19-15(22)9(2)24-7-14(21)18-12-4-3-10(16)6-11(12)17/h3-6,9H,7H2,1-2H3,(H,18,21)(H,19,20,22). The number of carbonyl (C=O) groups is 2. The van der Waals surface area contributed by atoms with E-state index in [2.05, 4.69) is 15.8 Å². The minimum absolute atomic E-state index is 0.103. The fraction of sp³-hybridized carbons (Fsp3) is 0.267. The zero-order valence-electron chi connectivity index (χ0n) is 12.9. The highest BCUT2D eigenvalue weighted by atomic mass is 35.5. The predicted molar refractivity (Wildman–Crippen MR) is 96.9 cm³/mol. The number of aromatic nitrogens is 1. The second-order valence-corrected chi connectivity index (χ2v) is 7.11. The number of rotatable bonds is 6. The van der Waals surface area contributed by atoms with Crippen molar-refractivity contribution < 1.29 is 14.1 Å². The third-order valence-corrected chi connectivity index (χ3v) is 4.61. The summed E-state index contributed by atoms with van der Waals surface area (Å²) in [5.41, 5.74) is 0.474. The molecular formula is C15H15Cl2N3O3S. The van der Waals surface area contributed by atoms with Crippen LogP contribution >= 0.6 is 35.0 Å². The van der Waals surface area contributed by atoms with E-state index in [1.807, 2.05) is 0 Å². The van der Waals surface area contributed by atoms with Gasteiger partial charge in [0.15, 0.2) is 5.82 Å². The molecule has 9 heteroatoms. The van der Waals surface area contributed by atoms with Crippen LogP contribution in [0, 0.1) is 6.92 Å². The zero-order chi connectivity index (χ0) is 17.7. The smallest absolute Gasteiger partial charge is 0.238 e. The molecule has 0 radical (unpaired) electrons. The summed E-state index contributed by atoms with van der Waals surface area (Å²) in [5, 5.41) is 9.38. The van der Waals surface area contributed by atoms with Crippen LogP contribution in [-0.2, 0) is 9.59 Å². The Balaban J connectivity index is 1.81. The number of hydrogen-bond donors (Lipinski definition) is 2. The van der Waals surface area contributed by atoms with Crippen molar-refractivity contribution in [3.05, 3.63) is 40.1 Å². The van der Waals surface area contributed by atoms with Gasteiger partial charge in [0.25, 0.3) is 0 Å². The van der Waals surface area contributed by atoms with Gasteiger partial charge in [-0.2, -0.15) is 0 Å². The SMILES string of the molecule is Cc1cc(NC(=O)C(C)SCC(=O)Nc2ccc(Cl)cc2Cl)no1. The molecule has 0 spiro atoms. The molecule has 128 valence electrons. The Kier molecular flexibility index (Phi) is 6.53. The van der Waals surface area contributed by atoms with Crippen LogP contribution in [-0.4, -0.2) is 28.0 Å². The van der Waals surface area contributed by atoms with Crippen LogP contribution in [0.5, 0.6) is 0 Å². The van der Waals surface area contributed by atoms with Gasteiger partial charge in [-0.3, -0.25) is 9.59 Å². The average Bonchev–Trinajstić information content (AvgIpc) is 2.92. The molecule has 0 saturated carbocycles. The van der Waals surface area contributed by atoms with Crippen LogP contribution in [0.15, 0.2) is 28.8 Å². The second kappa shape index (κ2) is 8.41. The molecular weight excluding hydrogens is 373 g/mol. The predicted octanol–water partition coefficient (Wildman–Crippen LogP) is 3.99. The summed E-state index contributed by atoms with van der Waals surface area (Å²) >= 11 is 13.0. The van der Waals surface area contributed by atoms with Crippen molar-refractivity contribution >= 4 is 58.3 Å². The second-order valence-electron chi connectivity index (χ2n) is 4.94. The topological polar surface area (TPSA) is 84.2 Å². The molecule has 1 atom stereocenters. The van der Waals surface area contributed by atoms with Gasteiger partial charge in [-0.15, -0.1) is 11.8 Å². The summed E-state index contributed by atoms with van der Waals surface area (Å²) in [4.78, 5) is 24.0. The maximum absolute atomic E-state index is 12.0. The first kappa shape index (κ1) is 18.6. The summed E-state index contributed by atoms with van der Waals surface area (Å²) in [6.45, 7) is 3.43. The Morgan fingerprint density at radius 3 is 2.67 bits per heavy atom. The zero-order valence-corrected chi connectivity index (χ0v) is 15.3. The van der Waals surface area contributed by atoms with E-state index in [-0.39, 0.29) is 17.6 Å². The molecule has 6 nitrogen and oxygen atoms in total. The van der Waals surface area contributed by atoms with E-state index in [4.69, 9.17) is 27.7 Å². The van der Waals surface area contributed by atoms with Gasteiger partial charge >= 0.3 is 0 Å². The van der Waals surface area contributed by atoms with Crippen LogP contribution < -0.4 is 10.6 Å². The lowest BCUT2D eigenvalue weighted by atomic mass is 10.3. The fourth-order valence-corrected chi connectivity index (χ4v) is 2.85.